The quantitative estimate of drug-likeness (QED) is 0.629. The Bertz CT molecular complexity index is 1010. The highest BCUT2D eigenvalue weighted by Crippen LogP contribution is 2.30. The van der Waals surface area contributed by atoms with Gasteiger partial charge in [0.05, 0.1) is 18.1 Å². The highest BCUT2D eigenvalue weighted by atomic mass is 16.6. The number of cyclic esters (lactones) is 1. The lowest BCUT2D eigenvalue weighted by molar-refractivity contribution is -0.137. The molecule has 0 radical (unpaired) electrons. The van der Waals surface area contributed by atoms with Gasteiger partial charge in [0.15, 0.2) is 0 Å². The molecule has 1 aliphatic heterocycles. The van der Waals surface area contributed by atoms with Gasteiger partial charge in [0.1, 0.15) is 6.61 Å². The van der Waals surface area contributed by atoms with Crippen LogP contribution in [0, 0.1) is 5.92 Å². The van der Waals surface area contributed by atoms with Crippen LogP contribution in [0.2, 0.25) is 0 Å². The van der Waals surface area contributed by atoms with Gasteiger partial charge in [-0.05, 0) is 29.5 Å². The number of rotatable bonds is 7. The third-order valence-corrected chi connectivity index (χ3v) is 5.65. The molecule has 2 amide bonds. The number of benzene rings is 3. The van der Waals surface area contributed by atoms with E-state index in [4.69, 9.17) is 4.74 Å². The highest BCUT2D eigenvalue weighted by Gasteiger charge is 2.43. The van der Waals surface area contributed by atoms with Gasteiger partial charge in [-0.1, -0.05) is 91.0 Å². The molecule has 0 aliphatic carbocycles. The topological polar surface area (TPSA) is 66.8 Å². The standard InChI is InChI=1S/C26H25NO4/c28-24(21-14-8-3-9-15-21)23(17-20-12-6-2-7-13-20)25(29)27-22(18-31-26(27)30)16-19-10-4-1-5-11-19/h1-15,22-24,28H,16-18H2/t22-,23-,24+/m0/s1. The maximum atomic E-state index is 13.6. The first-order chi connectivity index (χ1) is 15.1. The predicted molar refractivity (Wildman–Crippen MR) is 117 cm³/mol. The summed E-state index contributed by atoms with van der Waals surface area (Å²) in [4.78, 5) is 27.4. The number of amides is 2. The van der Waals surface area contributed by atoms with E-state index in [1.807, 2.05) is 78.9 Å². The van der Waals surface area contributed by atoms with E-state index in [0.717, 1.165) is 11.1 Å². The van der Waals surface area contributed by atoms with Gasteiger partial charge in [-0.25, -0.2) is 9.69 Å². The fourth-order valence-corrected chi connectivity index (χ4v) is 4.03. The Morgan fingerprint density at radius 2 is 1.45 bits per heavy atom. The molecule has 1 aliphatic rings. The van der Waals surface area contributed by atoms with E-state index in [-0.39, 0.29) is 6.61 Å². The summed E-state index contributed by atoms with van der Waals surface area (Å²) in [5.41, 5.74) is 2.58. The Kier molecular flexibility index (Phi) is 6.43. The molecule has 1 N–H and O–H groups in total. The summed E-state index contributed by atoms with van der Waals surface area (Å²) in [5.74, 6) is -1.22. The van der Waals surface area contributed by atoms with Crippen LogP contribution in [0.15, 0.2) is 91.0 Å². The molecule has 1 saturated heterocycles. The van der Waals surface area contributed by atoms with E-state index in [0.29, 0.717) is 18.4 Å². The number of hydrogen-bond donors (Lipinski definition) is 1. The van der Waals surface area contributed by atoms with Crippen LogP contribution in [0.4, 0.5) is 4.79 Å². The maximum absolute atomic E-state index is 13.6. The van der Waals surface area contributed by atoms with Crippen molar-refractivity contribution in [1.29, 1.82) is 0 Å². The highest BCUT2D eigenvalue weighted by molar-refractivity contribution is 5.95. The van der Waals surface area contributed by atoms with Crippen LogP contribution in [0.25, 0.3) is 0 Å². The van der Waals surface area contributed by atoms with Gasteiger partial charge >= 0.3 is 6.09 Å². The SMILES string of the molecule is O=C1OC[C@H](Cc2ccccc2)N1C(=O)[C@@H](Cc1ccccc1)[C@H](O)c1ccccc1. The van der Waals surface area contributed by atoms with Crippen molar-refractivity contribution < 1.29 is 19.4 Å². The Morgan fingerprint density at radius 1 is 0.903 bits per heavy atom. The van der Waals surface area contributed by atoms with E-state index >= 15 is 0 Å². The number of carbonyl (C=O) groups is 2. The van der Waals surface area contributed by atoms with Gasteiger partial charge in [0, 0.05) is 0 Å². The molecule has 5 nitrogen and oxygen atoms in total. The fourth-order valence-electron chi connectivity index (χ4n) is 4.03. The van der Waals surface area contributed by atoms with Crippen molar-refractivity contribution in [2.75, 3.05) is 6.61 Å². The molecule has 31 heavy (non-hydrogen) atoms. The third-order valence-electron chi connectivity index (χ3n) is 5.65. The zero-order valence-electron chi connectivity index (χ0n) is 17.1. The lowest BCUT2D eigenvalue weighted by Crippen LogP contribution is -2.45. The summed E-state index contributed by atoms with van der Waals surface area (Å²) in [6, 6.07) is 27.9. The van der Waals surface area contributed by atoms with Crippen molar-refractivity contribution in [2.45, 2.75) is 25.0 Å². The van der Waals surface area contributed by atoms with Crippen LogP contribution < -0.4 is 0 Å². The number of hydrogen-bond acceptors (Lipinski definition) is 4. The third kappa shape index (κ3) is 4.84. The van der Waals surface area contributed by atoms with Crippen LogP contribution in [0.1, 0.15) is 22.8 Å². The minimum Gasteiger partial charge on any atom is -0.447 e. The van der Waals surface area contributed by atoms with E-state index in [2.05, 4.69) is 0 Å². The summed E-state index contributed by atoms with van der Waals surface area (Å²) < 4.78 is 5.24. The van der Waals surface area contributed by atoms with E-state index in [1.54, 1.807) is 12.1 Å². The summed E-state index contributed by atoms with van der Waals surface area (Å²) in [6.07, 6.45) is -0.862. The van der Waals surface area contributed by atoms with E-state index in [9.17, 15) is 14.7 Å². The maximum Gasteiger partial charge on any atom is 0.416 e. The molecule has 0 aromatic heterocycles. The predicted octanol–water partition coefficient (Wildman–Crippen LogP) is 4.17. The fraction of sp³-hybridized carbons (Fsp3) is 0.231. The lowest BCUT2D eigenvalue weighted by Gasteiger charge is -2.28. The number of carbonyl (C=O) groups excluding carboxylic acids is 2. The summed E-state index contributed by atoms with van der Waals surface area (Å²) in [7, 11) is 0. The molecule has 0 unspecified atom stereocenters. The molecule has 0 saturated carbocycles. The van der Waals surface area contributed by atoms with E-state index < -0.39 is 30.1 Å². The zero-order chi connectivity index (χ0) is 21.6. The monoisotopic (exact) mass is 415 g/mol. The Hall–Kier alpha value is -3.44. The molecule has 1 heterocycles. The normalized spacial score (nSPS) is 17.8. The second-order valence-electron chi connectivity index (χ2n) is 7.78. The van der Waals surface area contributed by atoms with Gasteiger partial charge < -0.3 is 9.84 Å². The molecule has 3 aromatic carbocycles. The molecule has 3 aromatic rings. The molecule has 158 valence electrons. The molecule has 4 rings (SSSR count). The van der Waals surface area contributed by atoms with Crippen molar-refractivity contribution in [3.63, 3.8) is 0 Å². The molecular weight excluding hydrogens is 390 g/mol. The second kappa shape index (κ2) is 9.58. The smallest absolute Gasteiger partial charge is 0.416 e. The van der Waals surface area contributed by atoms with Crippen LogP contribution in [-0.2, 0) is 22.4 Å². The molecule has 0 spiro atoms. The summed E-state index contributed by atoms with van der Waals surface area (Å²) in [5, 5.41) is 11.1. The molecule has 1 fully saturated rings. The number of aliphatic hydroxyl groups is 1. The largest absolute Gasteiger partial charge is 0.447 e. The molecule has 0 bridgehead atoms. The van der Waals surface area contributed by atoms with E-state index in [1.165, 1.54) is 4.90 Å². The first-order valence-corrected chi connectivity index (χ1v) is 10.4. The Labute approximate surface area is 181 Å². The van der Waals surface area contributed by atoms with Crippen molar-refractivity contribution >= 4 is 12.0 Å². The van der Waals surface area contributed by atoms with Gasteiger partial charge in [-0.2, -0.15) is 0 Å². The summed E-state index contributed by atoms with van der Waals surface area (Å²) in [6.45, 7) is 0.152. The first-order valence-electron chi connectivity index (χ1n) is 10.4. The van der Waals surface area contributed by atoms with Gasteiger partial charge in [-0.15, -0.1) is 0 Å². The number of ether oxygens (including phenoxy) is 1. The minimum atomic E-state index is -1.04. The molecular formula is C26H25NO4. The van der Waals surface area contributed by atoms with Crippen molar-refractivity contribution in [3.05, 3.63) is 108 Å². The zero-order valence-corrected chi connectivity index (χ0v) is 17.1. The Balaban J connectivity index is 1.62. The minimum absolute atomic E-state index is 0.152. The van der Waals surface area contributed by atoms with Gasteiger partial charge in [-0.3, -0.25) is 4.79 Å². The lowest BCUT2D eigenvalue weighted by atomic mass is 9.88. The van der Waals surface area contributed by atoms with Crippen LogP contribution in [0.3, 0.4) is 0 Å². The molecule has 5 heteroatoms. The van der Waals surface area contributed by atoms with Crippen LogP contribution >= 0.6 is 0 Å². The number of imide groups is 1. The molecule has 3 atom stereocenters. The van der Waals surface area contributed by atoms with Crippen molar-refractivity contribution in [2.24, 2.45) is 5.92 Å². The van der Waals surface area contributed by atoms with Gasteiger partial charge in [0.2, 0.25) is 5.91 Å². The van der Waals surface area contributed by atoms with Crippen LogP contribution in [-0.4, -0.2) is 34.7 Å². The van der Waals surface area contributed by atoms with Crippen LogP contribution in [0.5, 0.6) is 0 Å². The summed E-state index contributed by atoms with van der Waals surface area (Å²) >= 11 is 0. The second-order valence-corrected chi connectivity index (χ2v) is 7.78. The van der Waals surface area contributed by atoms with Crippen molar-refractivity contribution in [3.8, 4) is 0 Å². The first kappa shape index (κ1) is 20.8. The average molecular weight is 415 g/mol. The Morgan fingerprint density at radius 3 is 2.06 bits per heavy atom. The van der Waals surface area contributed by atoms with Gasteiger partial charge in [0.25, 0.3) is 0 Å². The number of nitrogens with zero attached hydrogens (tertiary/aromatic N) is 1. The number of aliphatic hydroxyl groups excluding tert-OH is 1. The van der Waals surface area contributed by atoms with Crippen molar-refractivity contribution in [1.82, 2.24) is 4.90 Å². The average Bonchev–Trinajstić information content (AvgIpc) is 3.18.